The zero-order chi connectivity index (χ0) is 26.0. The maximum absolute atomic E-state index is 14.1. The summed E-state index contributed by atoms with van der Waals surface area (Å²) in [5.74, 6) is 0.969. The van der Waals surface area contributed by atoms with E-state index >= 15 is 0 Å². The topological polar surface area (TPSA) is 44.8 Å². The van der Waals surface area contributed by atoms with Gasteiger partial charge in [-0.05, 0) is 35.7 Å². The number of hydrogen-bond acceptors (Lipinski definition) is 4. The van der Waals surface area contributed by atoms with Crippen LogP contribution in [0.3, 0.4) is 0 Å². The van der Waals surface area contributed by atoms with Gasteiger partial charge in [-0.2, -0.15) is 0 Å². The largest absolute Gasteiger partial charge is 0.534 e. The van der Waals surface area contributed by atoms with Crippen molar-refractivity contribution in [2.75, 3.05) is 6.79 Å². The summed E-state index contributed by atoms with van der Waals surface area (Å²) >= 11 is 0. The first kappa shape index (κ1) is 25.9. The van der Waals surface area contributed by atoms with Crippen LogP contribution >= 0.6 is 0 Å². The Bertz CT molecular complexity index is 1170. The van der Waals surface area contributed by atoms with Gasteiger partial charge in [0.2, 0.25) is 5.78 Å². The molecule has 36 heavy (non-hydrogen) atoms. The third kappa shape index (κ3) is 4.42. The summed E-state index contributed by atoms with van der Waals surface area (Å²) in [6, 6.07) is 20.8. The van der Waals surface area contributed by atoms with E-state index in [0.717, 1.165) is 15.9 Å². The zero-order valence-corrected chi connectivity index (χ0v) is 23.0. The van der Waals surface area contributed by atoms with E-state index in [1.807, 2.05) is 38.1 Å². The normalized spacial score (nSPS) is 19.8. The molecule has 5 heteroatoms. The highest BCUT2D eigenvalue weighted by atomic mass is 28.4. The quantitative estimate of drug-likeness (QED) is 0.331. The molecule has 0 saturated carbocycles. The summed E-state index contributed by atoms with van der Waals surface area (Å²) < 4.78 is 19.1. The molecule has 0 amide bonds. The predicted octanol–water partition coefficient (Wildman–Crippen LogP) is 5.96. The zero-order valence-electron chi connectivity index (χ0n) is 22.0. The van der Waals surface area contributed by atoms with E-state index in [4.69, 9.17) is 13.9 Å². The molecule has 1 aliphatic carbocycles. The summed E-state index contributed by atoms with van der Waals surface area (Å²) in [6.07, 6.45) is 6.49. The third-order valence-corrected chi connectivity index (χ3v) is 11.9. The molecule has 1 heterocycles. The summed E-state index contributed by atoms with van der Waals surface area (Å²) in [6.45, 7) is 14.7. The molecular weight excluding hydrogens is 464 g/mol. The highest BCUT2D eigenvalue weighted by Gasteiger charge is 2.56. The van der Waals surface area contributed by atoms with Gasteiger partial charge < -0.3 is 13.9 Å². The van der Waals surface area contributed by atoms with Crippen molar-refractivity contribution in [3.05, 3.63) is 108 Å². The van der Waals surface area contributed by atoms with Gasteiger partial charge in [0.15, 0.2) is 12.4 Å². The van der Waals surface area contributed by atoms with Crippen molar-refractivity contribution in [3.8, 4) is 0 Å². The molecule has 4 nitrogen and oxygen atoms in total. The number of ketones is 1. The lowest BCUT2D eigenvalue weighted by Crippen LogP contribution is -2.66. The molecule has 0 aromatic heterocycles. The number of carbonyl (C=O) groups is 1. The number of fused-ring (bicyclic) bond motifs is 1. The van der Waals surface area contributed by atoms with Crippen LogP contribution < -0.4 is 10.4 Å². The van der Waals surface area contributed by atoms with Crippen molar-refractivity contribution >= 4 is 24.5 Å². The second-order valence-corrected chi connectivity index (χ2v) is 14.9. The van der Waals surface area contributed by atoms with Gasteiger partial charge in [0.25, 0.3) is 0 Å². The van der Waals surface area contributed by atoms with Gasteiger partial charge in [0.1, 0.15) is 11.5 Å². The van der Waals surface area contributed by atoms with Crippen LogP contribution in [-0.4, -0.2) is 26.5 Å². The van der Waals surface area contributed by atoms with E-state index in [1.54, 1.807) is 6.08 Å². The highest BCUT2D eigenvalue weighted by Crippen LogP contribution is 2.45. The number of Topliss-reactive ketones (excluding diaryl/α,β-unsaturated/α-hetero) is 1. The fourth-order valence-electron chi connectivity index (χ4n) is 5.12. The van der Waals surface area contributed by atoms with E-state index in [9.17, 15) is 4.79 Å². The fourth-order valence-corrected chi connectivity index (χ4v) is 9.56. The molecular formula is C31H36O4Si. The Morgan fingerprint density at radius 1 is 1.06 bits per heavy atom. The van der Waals surface area contributed by atoms with Gasteiger partial charge in [0.05, 0.1) is 0 Å². The van der Waals surface area contributed by atoms with E-state index in [1.165, 1.54) is 0 Å². The van der Waals surface area contributed by atoms with Gasteiger partial charge in [-0.1, -0.05) is 99.2 Å². The van der Waals surface area contributed by atoms with E-state index in [2.05, 4.69) is 75.9 Å². The smallest absolute Gasteiger partial charge is 0.319 e. The lowest BCUT2D eigenvalue weighted by atomic mass is 9.81. The Balaban J connectivity index is 1.94. The first-order valence-corrected chi connectivity index (χ1v) is 14.4. The van der Waals surface area contributed by atoms with Crippen LogP contribution in [0.2, 0.25) is 5.04 Å². The van der Waals surface area contributed by atoms with Crippen molar-refractivity contribution in [2.24, 2.45) is 0 Å². The standard InChI is InChI=1S/C31H36O4Si/c1-7-14-26-27(21-28-31(29(26)32,34-22-33-28)20-19-23(2)3)35-36(30(4,5)6,24-15-10-8-11-16-24)25-17-12-9-13-18-25/h7-13,15-19,21H,1,14,20,22H2,2-6H3. The number of ether oxygens (including phenoxy) is 2. The Morgan fingerprint density at radius 2 is 1.64 bits per heavy atom. The monoisotopic (exact) mass is 500 g/mol. The molecule has 0 N–H and O–H groups in total. The van der Waals surface area contributed by atoms with Gasteiger partial charge >= 0.3 is 8.32 Å². The Morgan fingerprint density at radius 3 is 2.14 bits per heavy atom. The predicted molar refractivity (Wildman–Crippen MR) is 147 cm³/mol. The fraction of sp³-hybridized carbons (Fsp3) is 0.323. The van der Waals surface area contributed by atoms with Gasteiger partial charge in [-0.25, -0.2) is 0 Å². The van der Waals surface area contributed by atoms with Gasteiger partial charge in [-0.3, -0.25) is 4.79 Å². The van der Waals surface area contributed by atoms with Crippen LogP contribution in [0.4, 0.5) is 0 Å². The molecule has 1 saturated heterocycles. The second kappa shape index (κ2) is 10.1. The van der Waals surface area contributed by atoms with Gasteiger partial charge in [-0.15, -0.1) is 6.58 Å². The molecule has 0 bridgehead atoms. The van der Waals surface area contributed by atoms with Crippen molar-refractivity contribution in [1.29, 1.82) is 0 Å². The lowest BCUT2D eigenvalue weighted by molar-refractivity contribution is -0.132. The molecule has 1 atom stereocenters. The average molecular weight is 501 g/mol. The van der Waals surface area contributed by atoms with Crippen molar-refractivity contribution in [3.63, 3.8) is 0 Å². The maximum atomic E-state index is 14.1. The van der Waals surface area contributed by atoms with Crippen molar-refractivity contribution in [2.45, 2.75) is 58.1 Å². The SMILES string of the molecule is C=CCC1=C(O[Si](c2ccccc2)(c2ccccc2)C(C)(C)C)C=C2OCOC2(CC=C(C)C)C1=O. The minimum Gasteiger partial charge on any atom is -0.534 e. The molecule has 1 fully saturated rings. The van der Waals surface area contributed by atoms with E-state index < -0.39 is 13.9 Å². The minimum atomic E-state index is -2.94. The molecule has 2 aromatic rings. The summed E-state index contributed by atoms with van der Waals surface area (Å²) in [4.78, 5) is 14.1. The number of allylic oxidation sites excluding steroid dienone is 3. The Labute approximate surface area is 216 Å². The molecule has 0 radical (unpaired) electrons. The Kier molecular flexibility index (Phi) is 7.25. The van der Waals surface area contributed by atoms with Crippen LogP contribution in [0.15, 0.2) is 108 Å². The van der Waals surface area contributed by atoms with Crippen LogP contribution in [0, 0.1) is 0 Å². The first-order chi connectivity index (χ1) is 17.2. The number of hydrogen-bond donors (Lipinski definition) is 0. The van der Waals surface area contributed by atoms with Crippen LogP contribution in [0.5, 0.6) is 0 Å². The molecule has 2 aromatic carbocycles. The molecule has 188 valence electrons. The molecule has 1 unspecified atom stereocenters. The molecule has 1 aliphatic heterocycles. The maximum Gasteiger partial charge on any atom is 0.319 e. The van der Waals surface area contributed by atoms with Gasteiger partial charge in [0, 0.05) is 18.1 Å². The number of rotatable bonds is 8. The summed E-state index contributed by atoms with van der Waals surface area (Å²) in [7, 11) is -2.94. The van der Waals surface area contributed by atoms with Crippen molar-refractivity contribution < 1.29 is 18.7 Å². The number of benzene rings is 2. The Hall–Kier alpha value is -3.15. The lowest BCUT2D eigenvalue weighted by Gasteiger charge is -2.44. The average Bonchev–Trinajstić information content (AvgIpc) is 3.28. The summed E-state index contributed by atoms with van der Waals surface area (Å²) in [5, 5.41) is 2.04. The number of carbonyl (C=O) groups excluding carboxylic acids is 1. The van der Waals surface area contributed by atoms with E-state index in [-0.39, 0.29) is 17.6 Å². The van der Waals surface area contributed by atoms with Crippen molar-refractivity contribution in [1.82, 2.24) is 0 Å². The minimum absolute atomic E-state index is 0.0437. The second-order valence-electron chi connectivity index (χ2n) is 10.7. The molecule has 2 aliphatic rings. The van der Waals surface area contributed by atoms with Crippen LogP contribution in [0.1, 0.15) is 47.5 Å². The van der Waals surface area contributed by atoms with Crippen LogP contribution in [-0.2, 0) is 18.7 Å². The van der Waals surface area contributed by atoms with Crippen LogP contribution in [0.25, 0.3) is 0 Å². The molecule has 4 rings (SSSR count). The molecule has 0 spiro atoms. The first-order valence-electron chi connectivity index (χ1n) is 12.5. The third-order valence-electron chi connectivity index (χ3n) is 6.94. The highest BCUT2D eigenvalue weighted by molar-refractivity contribution is 6.99. The summed E-state index contributed by atoms with van der Waals surface area (Å²) in [5.41, 5.74) is 0.554. The van der Waals surface area contributed by atoms with E-state index in [0.29, 0.717) is 29.9 Å².